The van der Waals surface area contributed by atoms with Crippen molar-refractivity contribution in [3.05, 3.63) is 0 Å². The van der Waals surface area contributed by atoms with Crippen LogP contribution in [0.25, 0.3) is 0 Å². The van der Waals surface area contributed by atoms with Gasteiger partial charge >= 0.3 is 11.9 Å². The first-order valence-electron chi connectivity index (χ1n) is 6.96. The van der Waals surface area contributed by atoms with Crippen LogP contribution >= 0.6 is 0 Å². The first-order chi connectivity index (χ1) is 9.49. The van der Waals surface area contributed by atoms with Gasteiger partial charge in [-0.2, -0.15) is 0 Å². The second-order valence-electron chi connectivity index (χ2n) is 5.14. The molecule has 20 heavy (non-hydrogen) atoms. The summed E-state index contributed by atoms with van der Waals surface area (Å²) in [6.45, 7) is 7.11. The van der Waals surface area contributed by atoms with Crippen LogP contribution < -0.4 is 0 Å². The molecule has 1 rings (SSSR count). The van der Waals surface area contributed by atoms with Crippen LogP contribution in [0.1, 0.15) is 13.3 Å². The molecule has 2 N–H and O–H groups in total. The third kappa shape index (κ3) is 6.83. The molecule has 1 heterocycles. The van der Waals surface area contributed by atoms with Crippen molar-refractivity contribution in [2.75, 3.05) is 52.5 Å². The minimum Gasteiger partial charge on any atom is -0.481 e. The van der Waals surface area contributed by atoms with Gasteiger partial charge in [0.2, 0.25) is 0 Å². The van der Waals surface area contributed by atoms with Crippen molar-refractivity contribution < 1.29 is 24.5 Å². The minimum atomic E-state index is -0.857. The summed E-state index contributed by atoms with van der Waals surface area (Å²) < 4.78 is 5.27. The van der Waals surface area contributed by atoms with Gasteiger partial charge in [-0.25, -0.2) is 0 Å². The SMILES string of the molecule is CC(CN(CCC(=O)O)CCN1CCOCC1)C(=O)O. The fourth-order valence-corrected chi connectivity index (χ4v) is 2.12. The molecule has 1 aliphatic heterocycles. The summed E-state index contributed by atoms with van der Waals surface area (Å²) in [5, 5.41) is 17.7. The number of hydrogen-bond acceptors (Lipinski definition) is 5. The van der Waals surface area contributed by atoms with E-state index in [9.17, 15) is 9.59 Å². The molecule has 0 spiro atoms. The number of aliphatic carboxylic acids is 2. The third-order valence-corrected chi connectivity index (χ3v) is 3.43. The van der Waals surface area contributed by atoms with Gasteiger partial charge in [0, 0.05) is 39.3 Å². The number of morpholine rings is 1. The van der Waals surface area contributed by atoms with E-state index in [1.165, 1.54) is 0 Å². The van der Waals surface area contributed by atoms with Crippen molar-refractivity contribution in [2.24, 2.45) is 5.92 Å². The number of nitrogens with zero attached hydrogens (tertiary/aromatic N) is 2. The van der Waals surface area contributed by atoms with Gasteiger partial charge in [0.05, 0.1) is 25.6 Å². The molecule has 0 aromatic heterocycles. The van der Waals surface area contributed by atoms with Crippen LogP contribution in [0.5, 0.6) is 0 Å². The van der Waals surface area contributed by atoms with Crippen molar-refractivity contribution in [1.82, 2.24) is 9.80 Å². The molecule has 0 bridgehead atoms. The molecular formula is C13H24N2O5. The Bertz CT molecular complexity index is 318. The molecule has 1 atom stereocenters. The molecule has 1 aliphatic rings. The Labute approximate surface area is 119 Å². The molecule has 7 nitrogen and oxygen atoms in total. The predicted octanol–water partition coefficient (Wildman–Crippen LogP) is -0.184. The Hall–Kier alpha value is -1.18. The average molecular weight is 288 g/mol. The van der Waals surface area contributed by atoms with Gasteiger partial charge in [-0.15, -0.1) is 0 Å². The monoisotopic (exact) mass is 288 g/mol. The summed E-state index contributed by atoms with van der Waals surface area (Å²) in [5.74, 6) is -2.20. The van der Waals surface area contributed by atoms with Crippen LogP contribution in [-0.2, 0) is 14.3 Å². The number of carboxylic acids is 2. The summed E-state index contributed by atoms with van der Waals surface area (Å²) in [7, 11) is 0. The zero-order valence-electron chi connectivity index (χ0n) is 12.0. The van der Waals surface area contributed by atoms with Crippen LogP contribution in [0.2, 0.25) is 0 Å². The van der Waals surface area contributed by atoms with Crippen molar-refractivity contribution in [3.63, 3.8) is 0 Å². The van der Waals surface area contributed by atoms with E-state index in [0.29, 0.717) is 19.6 Å². The molecule has 0 aromatic carbocycles. The maximum Gasteiger partial charge on any atom is 0.307 e. The summed E-state index contributed by atoms with van der Waals surface area (Å²) in [4.78, 5) is 25.7. The van der Waals surface area contributed by atoms with Crippen LogP contribution in [-0.4, -0.2) is 84.4 Å². The highest BCUT2D eigenvalue weighted by Gasteiger charge is 2.18. The Morgan fingerprint density at radius 3 is 2.45 bits per heavy atom. The summed E-state index contributed by atoms with van der Waals surface area (Å²) >= 11 is 0. The molecule has 0 radical (unpaired) electrons. The first-order valence-corrected chi connectivity index (χ1v) is 6.96. The summed E-state index contributed by atoms with van der Waals surface area (Å²) in [6.07, 6.45) is 0.0372. The molecule has 7 heteroatoms. The molecule has 1 saturated heterocycles. The van der Waals surface area contributed by atoms with E-state index >= 15 is 0 Å². The minimum absolute atomic E-state index is 0.0372. The van der Waals surface area contributed by atoms with Crippen LogP contribution in [0.3, 0.4) is 0 Å². The van der Waals surface area contributed by atoms with E-state index in [-0.39, 0.29) is 6.42 Å². The Kier molecular flexibility index (Phi) is 7.50. The zero-order chi connectivity index (χ0) is 15.0. The zero-order valence-corrected chi connectivity index (χ0v) is 12.0. The molecule has 0 aliphatic carbocycles. The Morgan fingerprint density at radius 1 is 1.25 bits per heavy atom. The van der Waals surface area contributed by atoms with Crippen LogP contribution in [0.4, 0.5) is 0 Å². The van der Waals surface area contributed by atoms with E-state index in [1.807, 2.05) is 4.90 Å². The van der Waals surface area contributed by atoms with Gasteiger partial charge in [-0.1, -0.05) is 6.92 Å². The van der Waals surface area contributed by atoms with Crippen molar-refractivity contribution >= 4 is 11.9 Å². The summed E-state index contributed by atoms with van der Waals surface area (Å²) in [5.41, 5.74) is 0. The average Bonchev–Trinajstić information content (AvgIpc) is 2.42. The van der Waals surface area contributed by atoms with Gasteiger partial charge < -0.3 is 19.8 Å². The fraction of sp³-hybridized carbons (Fsp3) is 0.846. The topological polar surface area (TPSA) is 90.3 Å². The predicted molar refractivity (Wildman–Crippen MR) is 72.8 cm³/mol. The lowest BCUT2D eigenvalue weighted by molar-refractivity contribution is -0.141. The highest BCUT2D eigenvalue weighted by atomic mass is 16.5. The molecule has 116 valence electrons. The van der Waals surface area contributed by atoms with E-state index in [4.69, 9.17) is 14.9 Å². The van der Waals surface area contributed by atoms with E-state index in [1.54, 1.807) is 6.92 Å². The van der Waals surface area contributed by atoms with E-state index in [2.05, 4.69) is 4.90 Å². The highest BCUT2D eigenvalue weighted by Crippen LogP contribution is 2.04. The number of ether oxygens (including phenoxy) is 1. The van der Waals surface area contributed by atoms with Gasteiger partial charge in [0.1, 0.15) is 0 Å². The van der Waals surface area contributed by atoms with Crippen LogP contribution in [0, 0.1) is 5.92 Å². The molecule has 1 unspecified atom stereocenters. The molecule has 0 amide bonds. The molecule has 0 aromatic rings. The van der Waals surface area contributed by atoms with Crippen LogP contribution in [0.15, 0.2) is 0 Å². The van der Waals surface area contributed by atoms with Gasteiger partial charge in [0.15, 0.2) is 0 Å². The quantitative estimate of drug-likeness (QED) is 0.608. The fourth-order valence-electron chi connectivity index (χ4n) is 2.12. The number of carbonyl (C=O) groups is 2. The smallest absolute Gasteiger partial charge is 0.307 e. The number of hydrogen-bond donors (Lipinski definition) is 2. The van der Waals surface area contributed by atoms with Gasteiger partial charge in [0.25, 0.3) is 0 Å². The Balaban J connectivity index is 2.39. The van der Waals surface area contributed by atoms with Gasteiger partial charge in [-0.05, 0) is 0 Å². The normalized spacial score (nSPS) is 18.1. The molecular weight excluding hydrogens is 264 g/mol. The molecule has 0 saturated carbocycles. The van der Waals surface area contributed by atoms with Crippen molar-refractivity contribution in [1.29, 1.82) is 0 Å². The maximum absolute atomic E-state index is 10.9. The third-order valence-electron chi connectivity index (χ3n) is 3.43. The van der Waals surface area contributed by atoms with Crippen molar-refractivity contribution in [2.45, 2.75) is 13.3 Å². The van der Waals surface area contributed by atoms with Gasteiger partial charge in [-0.3, -0.25) is 14.5 Å². The second-order valence-corrected chi connectivity index (χ2v) is 5.14. The largest absolute Gasteiger partial charge is 0.481 e. The number of rotatable bonds is 9. The van der Waals surface area contributed by atoms with Crippen molar-refractivity contribution in [3.8, 4) is 0 Å². The first kappa shape index (κ1) is 16.9. The Morgan fingerprint density at radius 2 is 1.90 bits per heavy atom. The lowest BCUT2D eigenvalue weighted by atomic mass is 10.1. The standard InChI is InChI=1S/C13H24N2O5/c1-11(13(18)19)10-15(3-2-12(16)17)5-4-14-6-8-20-9-7-14/h11H,2-10H2,1H3,(H,16,17)(H,18,19). The maximum atomic E-state index is 10.9. The second kappa shape index (κ2) is 8.89. The van der Waals surface area contributed by atoms with E-state index in [0.717, 1.165) is 32.8 Å². The highest BCUT2D eigenvalue weighted by molar-refractivity contribution is 5.69. The van der Waals surface area contributed by atoms with E-state index < -0.39 is 17.9 Å². The lowest BCUT2D eigenvalue weighted by Gasteiger charge is -2.30. The lowest BCUT2D eigenvalue weighted by Crippen LogP contribution is -2.43. The summed E-state index contributed by atoms with van der Waals surface area (Å²) in [6, 6.07) is 0. The molecule has 1 fully saturated rings. The number of carboxylic acid groups (broad SMARTS) is 2.